The first-order valence-electron chi connectivity index (χ1n) is 7.74. The Morgan fingerprint density at radius 3 is 2.52 bits per heavy atom. The van der Waals surface area contributed by atoms with Gasteiger partial charge in [-0.3, -0.25) is 0 Å². The van der Waals surface area contributed by atoms with Gasteiger partial charge in [0.2, 0.25) is 0 Å². The van der Waals surface area contributed by atoms with E-state index < -0.39 is 17.7 Å². The van der Waals surface area contributed by atoms with Gasteiger partial charge in [-0.2, -0.15) is 0 Å². The first-order chi connectivity index (χ1) is 11.0. The highest BCUT2D eigenvalue weighted by atomic mass is 16.6. The van der Waals surface area contributed by atoms with Gasteiger partial charge < -0.3 is 29.7 Å². The number of carboxylic acid groups (broad SMARTS) is 1. The number of rotatable bonds is 4. The number of β-amino-alcohol motifs (C(OH)–C–C–N with tert-alkyl or cyclic N) is 1. The van der Waals surface area contributed by atoms with Gasteiger partial charge in [0.15, 0.2) is 17.1 Å². The summed E-state index contributed by atoms with van der Waals surface area (Å²) in [5, 5.41) is 29.3. The van der Waals surface area contributed by atoms with Crippen molar-refractivity contribution in [1.82, 2.24) is 4.90 Å². The van der Waals surface area contributed by atoms with Crippen molar-refractivity contribution in [1.29, 1.82) is 0 Å². The smallest absolute Gasteiger partial charge is 0.335 e. The number of benzene rings is 1. The largest absolute Gasteiger partial charge is 0.486 e. The lowest BCUT2D eigenvalue weighted by molar-refractivity contribution is -0.163. The van der Waals surface area contributed by atoms with Gasteiger partial charge in [0.05, 0.1) is 6.10 Å². The summed E-state index contributed by atoms with van der Waals surface area (Å²) in [5.41, 5.74) is -0.910. The van der Waals surface area contributed by atoms with Crippen LogP contribution in [0.1, 0.15) is 24.5 Å². The Labute approximate surface area is 134 Å². The normalized spacial score (nSPS) is 21.7. The van der Waals surface area contributed by atoms with E-state index in [1.807, 2.05) is 4.90 Å². The van der Waals surface area contributed by atoms with E-state index in [4.69, 9.17) is 14.6 Å². The molecule has 126 valence electrons. The van der Waals surface area contributed by atoms with Crippen molar-refractivity contribution in [3.8, 4) is 11.5 Å². The van der Waals surface area contributed by atoms with Crippen LogP contribution in [0.25, 0.3) is 0 Å². The first-order valence-corrected chi connectivity index (χ1v) is 7.74. The average Bonchev–Trinajstić information content (AvgIpc) is 2.56. The molecule has 0 bridgehead atoms. The van der Waals surface area contributed by atoms with Gasteiger partial charge in [0.1, 0.15) is 13.2 Å². The Hall–Kier alpha value is -1.83. The number of carbonyl (C=O) groups is 1. The minimum absolute atomic E-state index is 0.163. The van der Waals surface area contributed by atoms with Gasteiger partial charge in [0, 0.05) is 19.6 Å². The summed E-state index contributed by atoms with van der Waals surface area (Å²) >= 11 is 0. The SMILES string of the molecule is O=C(O)C1(O)CCN(C[C@H](O)c2ccc3c(c2)OCCO3)CC1. The molecule has 1 saturated heterocycles. The second-order valence-corrected chi connectivity index (χ2v) is 6.06. The Morgan fingerprint density at radius 1 is 1.22 bits per heavy atom. The summed E-state index contributed by atoms with van der Waals surface area (Å²) in [6, 6.07) is 5.36. The van der Waals surface area contributed by atoms with Gasteiger partial charge in [0.25, 0.3) is 0 Å². The second-order valence-electron chi connectivity index (χ2n) is 6.06. The van der Waals surface area contributed by atoms with Crippen LogP contribution in [0.2, 0.25) is 0 Å². The highest BCUT2D eigenvalue weighted by molar-refractivity contribution is 5.77. The maximum Gasteiger partial charge on any atom is 0.335 e. The van der Waals surface area contributed by atoms with Gasteiger partial charge in [-0.1, -0.05) is 6.07 Å². The number of fused-ring (bicyclic) bond motifs is 1. The van der Waals surface area contributed by atoms with Crippen molar-refractivity contribution in [3.05, 3.63) is 23.8 Å². The molecule has 7 heteroatoms. The molecule has 0 radical (unpaired) electrons. The summed E-state index contributed by atoms with van der Waals surface area (Å²) < 4.78 is 11.0. The van der Waals surface area contributed by atoms with Crippen molar-refractivity contribution in [3.63, 3.8) is 0 Å². The van der Waals surface area contributed by atoms with Crippen LogP contribution in [0.5, 0.6) is 11.5 Å². The van der Waals surface area contributed by atoms with Crippen LogP contribution in [0, 0.1) is 0 Å². The van der Waals surface area contributed by atoms with E-state index in [2.05, 4.69) is 0 Å². The molecule has 0 amide bonds. The third-order valence-corrected chi connectivity index (χ3v) is 4.46. The van der Waals surface area contributed by atoms with Crippen LogP contribution in [0.3, 0.4) is 0 Å². The predicted octanol–water partition coefficient (Wildman–Crippen LogP) is 0.403. The number of ether oxygens (including phenoxy) is 2. The molecule has 2 heterocycles. The Kier molecular flexibility index (Phi) is 4.43. The van der Waals surface area contributed by atoms with Crippen molar-refractivity contribution in [2.24, 2.45) is 0 Å². The Morgan fingerprint density at radius 2 is 1.87 bits per heavy atom. The van der Waals surface area contributed by atoms with Crippen molar-refractivity contribution >= 4 is 5.97 Å². The lowest BCUT2D eigenvalue weighted by Crippen LogP contribution is -2.50. The fraction of sp³-hybridized carbons (Fsp3) is 0.562. The van der Waals surface area contributed by atoms with Gasteiger partial charge in [-0.15, -0.1) is 0 Å². The van der Waals surface area contributed by atoms with E-state index in [1.165, 1.54) is 0 Å². The van der Waals surface area contributed by atoms with Crippen molar-refractivity contribution < 1.29 is 29.6 Å². The van der Waals surface area contributed by atoms with Gasteiger partial charge >= 0.3 is 5.97 Å². The van der Waals surface area contributed by atoms with E-state index in [-0.39, 0.29) is 12.8 Å². The van der Waals surface area contributed by atoms with E-state index in [9.17, 15) is 15.0 Å². The molecule has 0 aliphatic carbocycles. The molecule has 7 nitrogen and oxygen atoms in total. The first kappa shape index (κ1) is 16.0. The molecule has 1 atom stereocenters. The Balaban J connectivity index is 1.60. The molecule has 0 spiro atoms. The second kappa shape index (κ2) is 6.35. The standard InChI is InChI=1S/C16H21NO6/c18-12(10-17-5-3-16(21,4-6-17)15(19)20)11-1-2-13-14(9-11)23-8-7-22-13/h1-2,9,12,18,21H,3-8,10H2,(H,19,20)/t12-/m0/s1. The third kappa shape index (κ3) is 3.41. The zero-order valence-corrected chi connectivity index (χ0v) is 12.8. The summed E-state index contributed by atoms with van der Waals surface area (Å²) in [5.74, 6) is 0.132. The number of nitrogens with zero attached hydrogens (tertiary/aromatic N) is 1. The number of hydrogen-bond acceptors (Lipinski definition) is 6. The van der Waals surface area contributed by atoms with Crippen LogP contribution in [0.4, 0.5) is 0 Å². The molecule has 1 aromatic carbocycles. The highest BCUT2D eigenvalue weighted by Gasteiger charge is 2.39. The van der Waals surface area contributed by atoms with E-state index in [0.717, 1.165) is 5.56 Å². The fourth-order valence-corrected chi connectivity index (χ4v) is 2.94. The fourth-order valence-electron chi connectivity index (χ4n) is 2.94. The molecule has 23 heavy (non-hydrogen) atoms. The van der Waals surface area contributed by atoms with E-state index in [0.29, 0.717) is 44.3 Å². The highest BCUT2D eigenvalue weighted by Crippen LogP contribution is 2.33. The molecule has 1 fully saturated rings. The van der Waals surface area contributed by atoms with Crippen LogP contribution >= 0.6 is 0 Å². The molecule has 3 rings (SSSR count). The van der Waals surface area contributed by atoms with Crippen molar-refractivity contribution in [2.75, 3.05) is 32.8 Å². The summed E-state index contributed by atoms with van der Waals surface area (Å²) in [6.07, 6.45) is -0.381. The molecular weight excluding hydrogens is 302 g/mol. The molecule has 1 aromatic rings. The van der Waals surface area contributed by atoms with Crippen molar-refractivity contribution in [2.45, 2.75) is 24.5 Å². The van der Waals surface area contributed by atoms with Crippen LogP contribution in [-0.2, 0) is 4.79 Å². The summed E-state index contributed by atoms with van der Waals surface area (Å²) in [4.78, 5) is 13.0. The summed E-state index contributed by atoms with van der Waals surface area (Å²) in [7, 11) is 0. The minimum Gasteiger partial charge on any atom is -0.486 e. The Bertz CT molecular complexity index is 582. The molecule has 0 saturated carbocycles. The van der Waals surface area contributed by atoms with Crippen LogP contribution < -0.4 is 9.47 Å². The maximum atomic E-state index is 11.0. The average molecular weight is 323 g/mol. The van der Waals surface area contributed by atoms with Crippen LogP contribution in [-0.4, -0.2) is 64.6 Å². The number of piperidine rings is 1. The lowest BCUT2D eigenvalue weighted by atomic mass is 9.91. The van der Waals surface area contributed by atoms with Gasteiger partial charge in [-0.25, -0.2) is 4.79 Å². The predicted molar refractivity (Wildman–Crippen MR) is 80.7 cm³/mol. The number of likely N-dealkylation sites (tertiary alicyclic amines) is 1. The molecule has 0 aromatic heterocycles. The number of aliphatic carboxylic acids is 1. The molecule has 0 unspecified atom stereocenters. The zero-order valence-electron chi connectivity index (χ0n) is 12.8. The number of carboxylic acids is 1. The zero-order chi connectivity index (χ0) is 16.4. The maximum absolute atomic E-state index is 11.0. The number of hydrogen-bond donors (Lipinski definition) is 3. The monoisotopic (exact) mass is 323 g/mol. The molecule has 2 aliphatic heterocycles. The number of aliphatic hydroxyl groups excluding tert-OH is 1. The quantitative estimate of drug-likeness (QED) is 0.737. The molecular formula is C16H21NO6. The number of aliphatic hydroxyl groups is 2. The topological polar surface area (TPSA) is 99.5 Å². The molecule has 3 N–H and O–H groups in total. The summed E-state index contributed by atoms with van der Waals surface area (Å²) in [6.45, 7) is 2.27. The van der Waals surface area contributed by atoms with E-state index >= 15 is 0 Å². The minimum atomic E-state index is -1.64. The molecule has 2 aliphatic rings. The third-order valence-electron chi connectivity index (χ3n) is 4.46. The van der Waals surface area contributed by atoms with Crippen LogP contribution in [0.15, 0.2) is 18.2 Å². The lowest BCUT2D eigenvalue weighted by Gasteiger charge is -2.36. The van der Waals surface area contributed by atoms with Gasteiger partial charge in [-0.05, 0) is 30.5 Å². The van der Waals surface area contributed by atoms with E-state index in [1.54, 1.807) is 18.2 Å².